The van der Waals surface area contributed by atoms with Crippen molar-refractivity contribution in [2.24, 2.45) is 0 Å². The van der Waals surface area contributed by atoms with Crippen LogP contribution in [0.4, 0.5) is 15.4 Å². The highest BCUT2D eigenvalue weighted by molar-refractivity contribution is 7.88. The number of amides is 3. The fourth-order valence-electron chi connectivity index (χ4n) is 6.97. The summed E-state index contributed by atoms with van der Waals surface area (Å²) in [6.07, 6.45) is -2.39. The number of methoxy groups -OCH3 is 1. The number of rotatable bonds is 16. The lowest BCUT2D eigenvalue weighted by molar-refractivity contribution is -0.207. The van der Waals surface area contributed by atoms with Crippen molar-refractivity contribution in [2.45, 2.75) is 121 Å². The number of carboxylic acid groups (broad SMARTS) is 1. The number of nitrogens with zero attached hydrogens (tertiary/aromatic N) is 6. The molecule has 0 spiro atoms. The maximum atomic E-state index is 14.6. The molecule has 2 aromatic heterocycles. The Kier molecular flexibility index (Phi) is 13.7. The van der Waals surface area contributed by atoms with Crippen LogP contribution in [-0.4, -0.2) is 137 Å². The van der Waals surface area contributed by atoms with Crippen LogP contribution in [0.5, 0.6) is 0 Å². The zero-order valence-electron chi connectivity index (χ0n) is 33.7. The van der Waals surface area contributed by atoms with E-state index in [0.717, 1.165) is 27.0 Å². The largest absolute Gasteiger partial charge is 0.465 e. The highest BCUT2D eigenvalue weighted by Gasteiger charge is 2.62. The zero-order chi connectivity index (χ0) is 43.0. The smallest absolute Gasteiger partial charge is 0.425 e. The fourth-order valence-corrected chi connectivity index (χ4v) is 9.97. The summed E-state index contributed by atoms with van der Waals surface area (Å²) in [4.78, 5) is 49.4. The highest BCUT2D eigenvalue weighted by atomic mass is 35.5. The van der Waals surface area contributed by atoms with Gasteiger partial charge in [0.15, 0.2) is 23.5 Å². The van der Waals surface area contributed by atoms with Crippen molar-refractivity contribution in [3.8, 4) is 0 Å². The molecule has 2 N–H and O–H groups in total. The number of carbonyl (C=O) groups is 3. The SMILES string of the molecule is CCOP(=O)(OCC)[C@](COC)(OC[C@H]1O[C@@H](n2ncc3c(N(C(=O)O)C4CCCC4)nc(Cl)nc32)[C@@H]2OC(C)(C)O[C@@H]21)C(=O)NS(=O)(=O)N(C)C(=O)OC(C)(C)C. The summed E-state index contributed by atoms with van der Waals surface area (Å²) in [5, 5.41) is 11.9. The molecule has 4 heterocycles. The lowest BCUT2D eigenvalue weighted by Crippen LogP contribution is -2.57. The Balaban J connectivity index is 1.52. The van der Waals surface area contributed by atoms with Crippen molar-refractivity contribution in [3.63, 3.8) is 0 Å². The zero-order valence-corrected chi connectivity index (χ0v) is 36.2. The molecule has 1 aliphatic carbocycles. The topological polar surface area (TPSA) is 259 Å². The van der Waals surface area contributed by atoms with Crippen molar-refractivity contribution in [1.29, 1.82) is 0 Å². The number of hydrogen-bond acceptors (Lipinski definition) is 17. The third kappa shape index (κ3) is 9.22. The molecule has 22 nitrogen and oxygen atoms in total. The van der Waals surface area contributed by atoms with Gasteiger partial charge in [0.25, 0.3) is 11.2 Å². The maximum absolute atomic E-state index is 14.6. The van der Waals surface area contributed by atoms with Crippen LogP contribution < -0.4 is 9.62 Å². The lowest BCUT2D eigenvalue weighted by Gasteiger charge is -2.37. The summed E-state index contributed by atoms with van der Waals surface area (Å²) in [7, 11) is -7.87. The monoisotopic (exact) mass is 883 g/mol. The van der Waals surface area contributed by atoms with Crippen LogP contribution >= 0.6 is 19.2 Å². The first-order chi connectivity index (χ1) is 27.0. The van der Waals surface area contributed by atoms with Gasteiger partial charge in [-0.3, -0.25) is 14.3 Å². The molecular weight excluding hydrogens is 833 g/mol. The van der Waals surface area contributed by atoms with E-state index < -0.39 is 90.4 Å². The van der Waals surface area contributed by atoms with Crippen molar-refractivity contribution < 1.29 is 69.9 Å². The highest BCUT2D eigenvalue weighted by Crippen LogP contribution is 2.61. The van der Waals surface area contributed by atoms with Gasteiger partial charge in [-0.05, 0) is 72.9 Å². The molecule has 5 atom stereocenters. The van der Waals surface area contributed by atoms with Crippen LogP contribution in [0.25, 0.3) is 11.0 Å². The Morgan fingerprint density at radius 3 is 2.29 bits per heavy atom. The van der Waals surface area contributed by atoms with E-state index in [9.17, 15) is 32.5 Å². The molecule has 0 radical (unpaired) electrons. The molecule has 0 unspecified atom stereocenters. The normalized spacial score (nSPS) is 23.4. The van der Waals surface area contributed by atoms with E-state index in [0.29, 0.717) is 12.8 Å². The van der Waals surface area contributed by atoms with Gasteiger partial charge in [-0.15, -0.1) is 0 Å². The Labute approximate surface area is 340 Å². The first kappa shape index (κ1) is 45.8. The predicted molar refractivity (Wildman–Crippen MR) is 203 cm³/mol. The molecule has 0 bridgehead atoms. The standard InChI is InChI=1S/C33H51ClN7O15PS/c1-10-51-57(46,52-11-2)33(18-49-9,27(42)38-58(47,48)39(8)30(45)56-31(3,4)5)50-17-21-22-23(55-32(6,7)54-22)26(53-21)41-25-20(16-35-41)24(36-28(34)37-25)40(29(43)44)19-14-12-13-15-19/h16,19,21-23,26H,10-15,17-18H2,1-9H3,(H,38,42)(H,43,44)/t21-,22-,23-,26-,33+/m1/s1. The van der Waals surface area contributed by atoms with Gasteiger partial charge >= 0.3 is 30.0 Å². The van der Waals surface area contributed by atoms with Crippen molar-refractivity contribution >= 4 is 64.4 Å². The Morgan fingerprint density at radius 2 is 1.72 bits per heavy atom. The third-order valence-electron chi connectivity index (χ3n) is 9.35. The Morgan fingerprint density at radius 1 is 1.10 bits per heavy atom. The minimum atomic E-state index is -5.03. The molecule has 326 valence electrons. The van der Waals surface area contributed by atoms with E-state index in [2.05, 4.69) is 15.1 Å². The summed E-state index contributed by atoms with van der Waals surface area (Å²) in [5.41, 5.74) is -0.981. The molecular formula is C33H51ClN7O15PS. The van der Waals surface area contributed by atoms with E-state index in [4.69, 9.17) is 49.1 Å². The molecule has 2 aliphatic heterocycles. The van der Waals surface area contributed by atoms with Crippen LogP contribution in [0.2, 0.25) is 5.28 Å². The van der Waals surface area contributed by atoms with Crippen LogP contribution in [0.3, 0.4) is 0 Å². The average molecular weight is 884 g/mol. The second-order valence-electron chi connectivity index (χ2n) is 15.1. The molecule has 25 heteroatoms. The fraction of sp³-hybridized carbons (Fsp3) is 0.758. The second kappa shape index (κ2) is 17.4. The summed E-state index contributed by atoms with van der Waals surface area (Å²) >= 11 is 6.39. The quantitative estimate of drug-likeness (QED) is 0.177. The van der Waals surface area contributed by atoms with Crippen molar-refractivity contribution in [1.82, 2.24) is 28.8 Å². The van der Waals surface area contributed by atoms with Gasteiger partial charge in [0, 0.05) is 20.2 Å². The second-order valence-corrected chi connectivity index (χ2v) is 19.4. The molecule has 5 rings (SSSR count). The van der Waals surface area contributed by atoms with Crippen LogP contribution in [0, 0.1) is 0 Å². The average Bonchev–Trinajstić information content (AvgIpc) is 3.90. The van der Waals surface area contributed by atoms with Gasteiger partial charge in [0.1, 0.15) is 23.9 Å². The molecule has 1 saturated carbocycles. The van der Waals surface area contributed by atoms with Crippen LogP contribution in [0.1, 0.15) is 80.4 Å². The lowest BCUT2D eigenvalue weighted by atomic mass is 10.1. The molecule has 3 amide bonds. The van der Waals surface area contributed by atoms with Gasteiger partial charge in [-0.1, -0.05) is 12.8 Å². The minimum Gasteiger partial charge on any atom is -0.465 e. The van der Waals surface area contributed by atoms with E-state index in [-0.39, 0.29) is 45.7 Å². The predicted octanol–water partition coefficient (Wildman–Crippen LogP) is 4.18. The van der Waals surface area contributed by atoms with E-state index in [1.165, 1.54) is 50.4 Å². The van der Waals surface area contributed by atoms with E-state index >= 15 is 0 Å². The van der Waals surface area contributed by atoms with Crippen molar-refractivity contribution in [2.75, 3.05) is 45.5 Å². The summed E-state index contributed by atoms with van der Waals surface area (Å²) in [6.45, 7) is 8.70. The van der Waals surface area contributed by atoms with Gasteiger partial charge in [0.05, 0.1) is 38.0 Å². The van der Waals surface area contributed by atoms with E-state index in [1.807, 2.05) is 0 Å². The number of anilines is 1. The number of hydrogen-bond donors (Lipinski definition) is 2. The van der Waals surface area contributed by atoms with Gasteiger partial charge in [-0.2, -0.15) is 27.8 Å². The van der Waals surface area contributed by atoms with Gasteiger partial charge < -0.3 is 42.6 Å². The minimum absolute atomic E-state index is 0.0456. The van der Waals surface area contributed by atoms with Crippen LogP contribution in [0.15, 0.2) is 6.20 Å². The number of ether oxygens (including phenoxy) is 6. The summed E-state index contributed by atoms with van der Waals surface area (Å²) < 4.78 is 91.3. The number of halogens is 1. The first-order valence-electron chi connectivity index (χ1n) is 18.5. The molecule has 2 saturated heterocycles. The summed E-state index contributed by atoms with van der Waals surface area (Å²) in [6, 6.07) is -0.336. The molecule has 2 aromatic rings. The van der Waals surface area contributed by atoms with Gasteiger partial charge in [0.2, 0.25) is 5.28 Å². The third-order valence-corrected chi connectivity index (χ3v) is 13.4. The summed E-state index contributed by atoms with van der Waals surface area (Å²) in [5.74, 6) is -2.72. The number of carbonyl (C=O) groups excluding carboxylic acids is 2. The van der Waals surface area contributed by atoms with Crippen LogP contribution in [-0.2, 0) is 57.0 Å². The first-order valence-corrected chi connectivity index (χ1v) is 21.9. The number of fused-ring (bicyclic) bond motifs is 2. The number of nitrogens with one attached hydrogen (secondary N) is 1. The Bertz CT molecular complexity index is 2000. The van der Waals surface area contributed by atoms with Gasteiger partial charge in [-0.25, -0.2) is 19.0 Å². The Hall–Kier alpha value is -3.25. The molecule has 0 aromatic carbocycles. The molecule has 3 aliphatic rings. The molecule has 58 heavy (non-hydrogen) atoms. The number of aromatic nitrogens is 4. The molecule has 3 fully saturated rings. The van der Waals surface area contributed by atoms with Crippen molar-refractivity contribution in [3.05, 3.63) is 11.5 Å². The maximum Gasteiger partial charge on any atom is 0.425 e. The van der Waals surface area contributed by atoms with E-state index in [1.54, 1.807) is 18.6 Å².